The molecule has 45 heavy (non-hydrogen) atoms. The van der Waals surface area contributed by atoms with Crippen LogP contribution >= 0.6 is 7.75 Å². The number of esters is 2. The summed E-state index contributed by atoms with van der Waals surface area (Å²) in [6.07, 6.45) is -3.21. The zero-order valence-electron chi connectivity index (χ0n) is 25.2. The Hall–Kier alpha value is -3.89. The molecule has 18 heteroatoms. The summed E-state index contributed by atoms with van der Waals surface area (Å²) in [6, 6.07) is 5.32. The second-order valence-electron chi connectivity index (χ2n) is 10.3. The number of carbonyl (C=O) groups excluding carboxylic acids is 2. The number of nitrogens with zero attached hydrogens (tertiary/aromatic N) is 4. The highest BCUT2D eigenvalue weighted by molar-refractivity contribution is 7.52. The Bertz CT molecular complexity index is 1570. The van der Waals surface area contributed by atoms with Gasteiger partial charge in [-0.25, -0.2) is 13.9 Å². The first-order valence-corrected chi connectivity index (χ1v) is 15.7. The van der Waals surface area contributed by atoms with Gasteiger partial charge in [-0.1, -0.05) is 18.2 Å². The van der Waals surface area contributed by atoms with Gasteiger partial charge in [0.25, 0.3) is 0 Å². The first-order valence-electron chi connectivity index (χ1n) is 14.2. The van der Waals surface area contributed by atoms with E-state index in [2.05, 4.69) is 20.0 Å². The molecule has 6 N–H and O–H groups in total. The average molecular weight is 654 g/mol. The molecular formula is C27H37FN7O9P. The predicted octanol–water partition coefficient (Wildman–Crippen LogP) is 2.22. The van der Waals surface area contributed by atoms with Crippen LogP contribution in [0.5, 0.6) is 5.75 Å². The average Bonchev–Trinajstić information content (AvgIpc) is 3.49. The number of nitrogens with one attached hydrogen (secondary N) is 1. The first-order chi connectivity index (χ1) is 21.3. The van der Waals surface area contributed by atoms with Gasteiger partial charge in [0.05, 0.1) is 26.1 Å². The molecule has 1 fully saturated rings. The summed E-state index contributed by atoms with van der Waals surface area (Å²) in [5.74, 6) is -1.28. The number of hydrogen-bond donors (Lipinski definition) is 4. The number of anilines is 2. The van der Waals surface area contributed by atoms with Crippen molar-refractivity contribution in [3.8, 4) is 5.75 Å². The molecule has 3 heterocycles. The zero-order chi connectivity index (χ0) is 32.9. The van der Waals surface area contributed by atoms with Gasteiger partial charge < -0.3 is 35.3 Å². The van der Waals surface area contributed by atoms with Crippen LogP contribution in [0.3, 0.4) is 0 Å². The third-order valence-electron chi connectivity index (χ3n) is 6.93. The van der Waals surface area contributed by atoms with Crippen molar-refractivity contribution in [2.75, 3.05) is 31.3 Å². The van der Waals surface area contributed by atoms with Crippen molar-refractivity contribution in [1.29, 1.82) is 0 Å². The van der Waals surface area contributed by atoms with Gasteiger partial charge in [-0.05, 0) is 45.7 Å². The highest BCUT2D eigenvalue weighted by Gasteiger charge is 2.56. The van der Waals surface area contributed by atoms with Gasteiger partial charge in [-0.2, -0.15) is 15.1 Å². The molecule has 0 amide bonds. The van der Waals surface area contributed by atoms with Crippen molar-refractivity contribution in [3.63, 3.8) is 0 Å². The van der Waals surface area contributed by atoms with E-state index in [0.717, 1.165) is 6.92 Å². The molecule has 1 aromatic carbocycles. The van der Waals surface area contributed by atoms with E-state index in [4.69, 9.17) is 34.7 Å². The largest absolute Gasteiger partial charge is 0.466 e. The van der Waals surface area contributed by atoms with E-state index < -0.39 is 56.4 Å². The fourth-order valence-corrected chi connectivity index (χ4v) is 6.24. The van der Waals surface area contributed by atoms with Gasteiger partial charge in [0.1, 0.15) is 29.5 Å². The number of para-hydroxylation sites is 1. The molecule has 0 unspecified atom stereocenters. The number of benzene rings is 1. The summed E-state index contributed by atoms with van der Waals surface area (Å²) in [4.78, 5) is 36.4. The van der Waals surface area contributed by atoms with Crippen molar-refractivity contribution in [3.05, 3.63) is 36.2 Å². The summed E-state index contributed by atoms with van der Waals surface area (Å²) in [5.41, 5.74) is 9.88. The number of rotatable bonds is 14. The monoisotopic (exact) mass is 653 g/mol. The number of aliphatic hydroxyl groups excluding tert-OH is 1. The normalized spacial score (nSPS) is 23.4. The third-order valence-corrected chi connectivity index (χ3v) is 8.56. The molecule has 0 bridgehead atoms. The van der Waals surface area contributed by atoms with E-state index in [1.54, 1.807) is 32.0 Å². The maximum Gasteiger partial charge on any atom is 0.459 e. The number of alkyl halides is 1. The number of hydrogen-bond acceptors (Lipinski definition) is 14. The van der Waals surface area contributed by atoms with E-state index in [1.165, 1.54) is 23.9 Å². The second kappa shape index (κ2) is 14.0. The molecule has 1 aliphatic rings. The van der Waals surface area contributed by atoms with E-state index in [-0.39, 0.29) is 54.7 Å². The van der Waals surface area contributed by atoms with Crippen molar-refractivity contribution in [1.82, 2.24) is 24.6 Å². The van der Waals surface area contributed by atoms with E-state index in [0.29, 0.717) is 5.56 Å². The topological polar surface area (TPSA) is 225 Å². The smallest absolute Gasteiger partial charge is 0.459 e. The molecule has 2 aromatic heterocycles. The Morgan fingerprint density at radius 1 is 1.22 bits per heavy atom. The number of fused-ring (bicyclic) bond motifs is 1. The minimum Gasteiger partial charge on any atom is -0.466 e. The Balaban J connectivity index is 1.57. The summed E-state index contributed by atoms with van der Waals surface area (Å²) in [5, 5.41) is 13.5. The molecule has 0 spiro atoms. The molecule has 6 atom stereocenters. The van der Waals surface area contributed by atoms with Crippen LogP contribution in [0.1, 0.15) is 45.9 Å². The first kappa shape index (κ1) is 34.0. The summed E-state index contributed by atoms with van der Waals surface area (Å²) < 4.78 is 58.7. The number of nitrogen functional groups attached to an aromatic ring is 2. The molecule has 3 aromatic rings. The lowest BCUT2D eigenvalue weighted by Gasteiger charge is -2.26. The highest BCUT2D eigenvalue weighted by Crippen LogP contribution is 2.48. The van der Waals surface area contributed by atoms with Crippen LogP contribution in [0.25, 0.3) is 11.2 Å². The number of imidazole rings is 1. The lowest BCUT2D eigenvalue weighted by molar-refractivity contribution is -0.145. The van der Waals surface area contributed by atoms with Gasteiger partial charge >= 0.3 is 19.7 Å². The number of halogens is 1. The zero-order valence-corrected chi connectivity index (χ0v) is 26.1. The van der Waals surface area contributed by atoms with Crippen LogP contribution < -0.4 is 21.1 Å². The molecule has 0 radical (unpaired) electrons. The number of ether oxygens (including phenoxy) is 3. The standard InChI is InChI=1S/C27H37FN7O9P/c1-5-40-19(36)12-11-16-9-7-8-10-17(16)44-45(39,34-15(3)24(38)41-6-2)42-13-18-21(37)27(4,28)25(43-18)35-14-31-20-22(29)32-26(30)33-23(20)35/h7-10,14-15,18,21,25,37H,5-6,11-13H2,1-4H3,(H,34,39)(H4,29,30,32,33)/t15-,18+,21+,25+,27+,45-/m0/s1. The van der Waals surface area contributed by atoms with Crippen LogP contribution in [0.2, 0.25) is 0 Å². The van der Waals surface area contributed by atoms with Crippen molar-refractivity contribution >= 4 is 42.6 Å². The SMILES string of the molecule is CCOC(=O)CCc1ccccc1O[P@](=O)(N[C@@H](C)C(=O)OCC)OC[C@H]1O[C@@H](n2cnc3c(N)nc(N)nc32)[C@](C)(F)[C@@H]1O. The van der Waals surface area contributed by atoms with Crippen LogP contribution in [0.15, 0.2) is 30.6 Å². The lowest BCUT2D eigenvalue weighted by atomic mass is 9.98. The highest BCUT2D eigenvalue weighted by atomic mass is 31.2. The predicted molar refractivity (Wildman–Crippen MR) is 158 cm³/mol. The quantitative estimate of drug-likeness (QED) is 0.145. The molecule has 1 aliphatic heterocycles. The maximum atomic E-state index is 16.0. The molecule has 0 saturated carbocycles. The second-order valence-corrected chi connectivity index (χ2v) is 12.0. The number of carbonyl (C=O) groups is 2. The van der Waals surface area contributed by atoms with Gasteiger partial charge in [0.2, 0.25) is 5.95 Å². The summed E-state index contributed by atoms with van der Waals surface area (Å²) in [6.45, 7) is 5.44. The van der Waals surface area contributed by atoms with E-state index >= 15 is 4.39 Å². The van der Waals surface area contributed by atoms with Crippen LogP contribution in [-0.4, -0.2) is 80.3 Å². The Labute approximate surface area is 258 Å². The number of aryl methyl sites for hydroxylation is 1. The number of nitrogens with two attached hydrogens (primary N) is 2. The molecular weight excluding hydrogens is 616 g/mol. The van der Waals surface area contributed by atoms with Gasteiger partial charge in [-0.3, -0.25) is 18.7 Å². The van der Waals surface area contributed by atoms with Crippen molar-refractivity contribution in [2.24, 2.45) is 0 Å². The number of aliphatic hydroxyl groups is 1. The Morgan fingerprint density at radius 3 is 2.64 bits per heavy atom. The fourth-order valence-electron chi connectivity index (χ4n) is 4.70. The Kier molecular flexibility index (Phi) is 10.6. The maximum absolute atomic E-state index is 16.0. The lowest BCUT2D eigenvalue weighted by Crippen LogP contribution is -2.41. The molecule has 16 nitrogen and oxygen atoms in total. The molecule has 246 valence electrons. The van der Waals surface area contributed by atoms with E-state index in [1.807, 2.05) is 0 Å². The van der Waals surface area contributed by atoms with Crippen molar-refractivity contribution in [2.45, 2.75) is 70.7 Å². The molecule has 1 saturated heterocycles. The van der Waals surface area contributed by atoms with Gasteiger partial charge in [0.15, 0.2) is 23.4 Å². The molecule has 4 rings (SSSR count). The third kappa shape index (κ3) is 7.68. The van der Waals surface area contributed by atoms with E-state index in [9.17, 15) is 19.3 Å². The number of aromatic nitrogens is 4. The minimum absolute atomic E-state index is 0.0236. The van der Waals surface area contributed by atoms with Crippen LogP contribution in [0, 0.1) is 0 Å². The van der Waals surface area contributed by atoms with Crippen LogP contribution in [-0.2, 0) is 39.3 Å². The fraction of sp³-hybridized carbons (Fsp3) is 0.519. The summed E-state index contributed by atoms with van der Waals surface area (Å²) in [7, 11) is -4.47. The van der Waals surface area contributed by atoms with Crippen molar-refractivity contribution < 1.29 is 46.9 Å². The van der Waals surface area contributed by atoms with Gasteiger partial charge in [0, 0.05) is 6.42 Å². The summed E-state index contributed by atoms with van der Waals surface area (Å²) >= 11 is 0. The molecule has 0 aliphatic carbocycles. The van der Waals surface area contributed by atoms with Gasteiger partial charge in [-0.15, -0.1) is 0 Å². The minimum atomic E-state index is -4.47. The van der Waals surface area contributed by atoms with Crippen LogP contribution in [0.4, 0.5) is 16.2 Å². The Morgan fingerprint density at radius 2 is 1.93 bits per heavy atom.